The predicted molar refractivity (Wildman–Crippen MR) is 79.1 cm³/mol. The van der Waals surface area contributed by atoms with Crippen LogP contribution in [0.25, 0.3) is 0 Å². The summed E-state index contributed by atoms with van der Waals surface area (Å²) in [5.41, 5.74) is 1.85. The maximum Gasteiger partial charge on any atom is 0.243 e. The summed E-state index contributed by atoms with van der Waals surface area (Å²) in [6, 6.07) is 5.37. The van der Waals surface area contributed by atoms with Gasteiger partial charge in [-0.3, -0.25) is 0 Å². The Balaban J connectivity index is 2.37. The third-order valence-corrected chi connectivity index (χ3v) is 6.06. The molecule has 0 radical (unpaired) electrons. The molecule has 0 saturated carbocycles. The quantitative estimate of drug-likeness (QED) is 0.927. The van der Waals surface area contributed by atoms with Gasteiger partial charge in [0.05, 0.1) is 4.90 Å². The zero-order valence-electron chi connectivity index (χ0n) is 12.2. The summed E-state index contributed by atoms with van der Waals surface area (Å²) < 4.78 is 27.3. The average Bonchev–Trinajstić information content (AvgIpc) is 2.39. The maximum absolute atomic E-state index is 12.8. The summed E-state index contributed by atoms with van der Waals surface area (Å²) in [5.74, 6) is 0. The van der Waals surface area contributed by atoms with E-state index in [0.29, 0.717) is 17.9 Å². The van der Waals surface area contributed by atoms with Crippen molar-refractivity contribution in [2.45, 2.75) is 50.5 Å². The molecule has 4 nitrogen and oxygen atoms in total. The number of aliphatic hydroxyl groups excluding tert-OH is 1. The first-order valence-corrected chi connectivity index (χ1v) is 8.61. The van der Waals surface area contributed by atoms with Gasteiger partial charge in [-0.1, -0.05) is 24.1 Å². The van der Waals surface area contributed by atoms with E-state index in [-0.39, 0.29) is 12.6 Å². The first kappa shape index (κ1) is 15.5. The van der Waals surface area contributed by atoms with E-state index >= 15 is 0 Å². The van der Waals surface area contributed by atoms with Crippen LogP contribution in [0.1, 0.15) is 36.8 Å². The maximum atomic E-state index is 12.8. The molecule has 0 amide bonds. The molecule has 5 heteroatoms. The molecule has 1 aromatic carbocycles. The van der Waals surface area contributed by atoms with Crippen LogP contribution >= 0.6 is 0 Å². The number of nitrogens with zero attached hydrogens (tertiary/aromatic N) is 1. The van der Waals surface area contributed by atoms with Gasteiger partial charge in [0.15, 0.2) is 0 Å². The fraction of sp³-hybridized carbons (Fsp3) is 0.600. The lowest BCUT2D eigenvalue weighted by Crippen LogP contribution is -2.44. The third-order valence-electron chi connectivity index (χ3n) is 3.95. The highest BCUT2D eigenvalue weighted by Gasteiger charge is 2.33. The van der Waals surface area contributed by atoms with Crippen LogP contribution in [0, 0.1) is 13.8 Å². The van der Waals surface area contributed by atoms with Gasteiger partial charge in [-0.25, -0.2) is 8.42 Å². The first-order valence-electron chi connectivity index (χ1n) is 7.17. The lowest BCUT2D eigenvalue weighted by Gasteiger charge is -2.34. The molecule has 0 bridgehead atoms. The van der Waals surface area contributed by atoms with Crippen LogP contribution in [0.5, 0.6) is 0 Å². The van der Waals surface area contributed by atoms with E-state index < -0.39 is 10.0 Å². The summed E-state index contributed by atoms with van der Waals surface area (Å²) in [6.07, 6.45) is 3.28. The van der Waals surface area contributed by atoms with E-state index in [1.165, 1.54) is 0 Å². The van der Waals surface area contributed by atoms with Crippen LogP contribution in [-0.2, 0) is 10.0 Å². The Morgan fingerprint density at radius 2 is 2.05 bits per heavy atom. The second kappa shape index (κ2) is 6.24. The van der Waals surface area contributed by atoms with Crippen LogP contribution in [0.2, 0.25) is 0 Å². The largest absolute Gasteiger partial charge is 0.396 e. The summed E-state index contributed by atoms with van der Waals surface area (Å²) >= 11 is 0. The lowest BCUT2D eigenvalue weighted by atomic mass is 10.0. The number of hydrogen-bond donors (Lipinski definition) is 1. The number of sulfonamides is 1. The van der Waals surface area contributed by atoms with Crippen molar-refractivity contribution in [2.75, 3.05) is 13.2 Å². The summed E-state index contributed by atoms with van der Waals surface area (Å²) in [7, 11) is -3.46. The van der Waals surface area contributed by atoms with Crippen LogP contribution < -0.4 is 0 Å². The Kier molecular flexibility index (Phi) is 4.83. The standard InChI is InChI=1S/C15H23NO3S/c1-12-6-7-15(13(2)11-12)20(18,19)16-9-4-3-5-14(16)8-10-17/h6-7,11,14,17H,3-5,8-10H2,1-2H3. The second-order valence-corrected chi connectivity index (χ2v) is 7.41. The van der Waals surface area contributed by atoms with Gasteiger partial charge in [0, 0.05) is 19.2 Å². The van der Waals surface area contributed by atoms with E-state index in [9.17, 15) is 8.42 Å². The van der Waals surface area contributed by atoms with Crippen LogP contribution in [0.15, 0.2) is 23.1 Å². The summed E-state index contributed by atoms with van der Waals surface area (Å²) in [4.78, 5) is 0.396. The molecule has 1 aromatic rings. The van der Waals surface area contributed by atoms with Gasteiger partial charge in [-0.15, -0.1) is 0 Å². The number of piperidine rings is 1. The molecule has 1 N–H and O–H groups in total. The van der Waals surface area contributed by atoms with Gasteiger partial charge in [0.1, 0.15) is 0 Å². The highest BCUT2D eigenvalue weighted by Crippen LogP contribution is 2.28. The first-order chi connectivity index (χ1) is 9.46. The number of aryl methyl sites for hydroxylation is 2. The van der Waals surface area contributed by atoms with Crippen molar-refractivity contribution in [1.82, 2.24) is 4.31 Å². The molecule has 1 saturated heterocycles. The molecular weight excluding hydrogens is 274 g/mol. The lowest BCUT2D eigenvalue weighted by molar-refractivity contribution is 0.192. The number of hydrogen-bond acceptors (Lipinski definition) is 3. The van der Waals surface area contributed by atoms with Gasteiger partial charge >= 0.3 is 0 Å². The van der Waals surface area contributed by atoms with E-state index in [2.05, 4.69) is 0 Å². The van der Waals surface area contributed by atoms with E-state index in [0.717, 1.165) is 30.4 Å². The molecule has 1 aliphatic heterocycles. The smallest absolute Gasteiger partial charge is 0.243 e. The average molecular weight is 297 g/mol. The van der Waals surface area contributed by atoms with Crippen molar-refractivity contribution < 1.29 is 13.5 Å². The van der Waals surface area contributed by atoms with Crippen molar-refractivity contribution in [3.05, 3.63) is 29.3 Å². The molecular formula is C15H23NO3S. The minimum Gasteiger partial charge on any atom is -0.396 e. The minimum absolute atomic E-state index is 0.0313. The normalized spacial score (nSPS) is 21.1. The molecule has 1 unspecified atom stereocenters. The van der Waals surface area contributed by atoms with Crippen molar-refractivity contribution in [2.24, 2.45) is 0 Å². The second-order valence-electron chi connectivity index (χ2n) is 5.55. The molecule has 1 fully saturated rings. The molecule has 0 aliphatic carbocycles. The van der Waals surface area contributed by atoms with Gasteiger partial charge in [0.25, 0.3) is 0 Å². The van der Waals surface area contributed by atoms with Gasteiger partial charge in [0.2, 0.25) is 10.0 Å². The zero-order valence-corrected chi connectivity index (χ0v) is 13.0. The van der Waals surface area contributed by atoms with Crippen LogP contribution in [0.4, 0.5) is 0 Å². The predicted octanol–water partition coefficient (Wildman–Crippen LogP) is 2.23. The summed E-state index contributed by atoms with van der Waals surface area (Å²) in [6.45, 7) is 4.38. The Morgan fingerprint density at radius 3 is 2.70 bits per heavy atom. The topological polar surface area (TPSA) is 57.6 Å². The number of benzene rings is 1. The molecule has 0 aromatic heterocycles. The molecule has 112 valence electrons. The van der Waals surface area contributed by atoms with Crippen LogP contribution in [-0.4, -0.2) is 37.0 Å². The Labute approximate surface area is 121 Å². The Hall–Kier alpha value is -0.910. The highest BCUT2D eigenvalue weighted by molar-refractivity contribution is 7.89. The van der Waals surface area contributed by atoms with Gasteiger partial charge in [-0.2, -0.15) is 4.31 Å². The van der Waals surface area contributed by atoms with Crippen molar-refractivity contribution in [1.29, 1.82) is 0 Å². The number of rotatable bonds is 4. The SMILES string of the molecule is Cc1ccc(S(=O)(=O)N2CCCCC2CCO)c(C)c1. The number of aliphatic hydroxyl groups is 1. The fourth-order valence-corrected chi connectivity index (χ4v) is 4.87. The molecule has 20 heavy (non-hydrogen) atoms. The van der Waals surface area contributed by atoms with E-state index in [1.54, 1.807) is 10.4 Å². The van der Waals surface area contributed by atoms with E-state index in [1.807, 2.05) is 26.0 Å². The molecule has 0 spiro atoms. The molecule has 1 heterocycles. The monoisotopic (exact) mass is 297 g/mol. The van der Waals surface area contributed by atoms with Gasteiger partial charge < -0.3 is 5.11 Å². The fourth-order valence-electron chi connectivity index (χ4n) is 2.94. The molecule has 2 rings (SSSR count). The van der Waals surface area contributed by atoms with Gasteiger partial charge in [-0.05, 0) is 44.7 Å². The molecule has 1 atom stereocenters. The van der Waals surface area contributed by atoms with Crippen molar-refractivity contribution in [3.63, 3.8) is 0 Å². The summed E-state index contributed by atoms with van der Waals surface area (Å²) in [5, 5.41) is 9.14. The van der Waals surface area contributed by atoms with Crippen molar-refractivity contribution in [3.8, 4) is 0 Å². The molecule has 1 aliphatic rings. The van der Waals surface area contributed by atoms with Crippen LogP contribution in [0.3, 0.4) is 0 Å². The zero-order chi connectivity index (χ0) is 14.8. The minimum atomic E-state index is -3.46. The Morgan fingerprint density at radius 1 is 1.30 bits per heavy atom. The highest BCUT2D eigenvalue weighted by atomic mass is 32.2. The third kappa shape index (κ3) is 3.05. The van der Waals surface area contributed by atoms with E-state index in [4.69, 9.17) is 5.11 Å². The van der Waals surface area contributed by atoms with Crippen molar-refractivity contribution >= 4 is 10.0 Å². The Bertz CT molecular complexity index is 566.